The van der Waals surface area contributed by atoms with Crippen LogP contribution in [-0.4, -0.2) is 47.3 Å². The highest BCUT2D eigenvalue weighted by Gasteiger charge is 2.34. The first-order valence-electron chi connectivity index (χ1n) is 6.08. The van der Waals surface area contributed by atoms with E-state index in [1.165, 1.54) is 24.9 Å². The fraction of sp³-hybridized carbons (Fsp3) is 0.667. The summed E-state index contributed by atoms with van der Waals surface area (Å²) in [6.07, 6.45) is 7.65. The quantitative estimate of drug-likeness (QED) is 0.708. The molecule has 1 aromatic rings. The van der Waals surface area contributed by atoms with Crippen LogP contribution in [0.15, 0.2) is 18.5 Å². The molecule has 2 saturated heterocycles. The van der Waals surface area contributed by atoms with Crippen LogP contribution in [0, 0.1) is 0 Å². The van der Waals surface area contributed by atoms with Crippen LogP contribution in [0.5, 0.6) is 0 Å². The molecule has 2 unspecified atom stereocenters. The molecular weight excluding hydrogens is 200 g/mol. The monoisotopic (exact) mass is 218 g/mol. The second-order valence-corrected chi connectivity index (χ2v) is 4.89. The predicted molar refractivity (Wildman–Crippen MR) is 63.4 cm³/mol. The standard InChI is InChI=1S/C12H18N4/c1-15-10-2-3-12(15)9-16(7-5-10)11-4-6-13-14-8-11/h4,6,8,10,12H,2-3,5,7,9H2,1H3. The van der Waals surface area contributed by atoms with Gasteiger partial charge in [-0.2, -0.15) is 10.2 Å². The highest BCUT2D eigenvalue weighted by atomic mass is 15.3. The van der Waals surface area contributed by atoms with Gasteiger partial charge in [-0.15, -0.1) is 0 Å². The number of fused-ring (bicyclic) bond motifs is 2. The number of likely N-dealkylation sites (N-methyl/N-ethyl adjacent to an activating group) is 1. The van der Waals surface area contributed by atoms with Gasteiger partial charge in [-0.1, -0.05) is 0 Å². The molecule has 0 aromatic carbocycles. The molecule has 2 aliphatic heterocycles. The van der Waals surface area contributed by atoms with Gasteiger partial charge in [0, 0.05) is 25.2 Å². The molecule has 0 amide bonds. The van der Waals surface area contributed by atoms with Gasteiger partial charge in [0.1, 0.15) is 0 Å². The minimum absolute atomic E-state index is 0.723. The lowest BCUT2D eigenvalue weighted by molar-refractivity contribution is 0.254. The Morgan fingerprint density at radius 3 is 2.88 bits per heavy atom. The summed E-state index contributed by atoms with van der Waals surface area (Å²) in [6.45, 7) is 2.29. The van der Waals surface area contributed by atoms with Crippen molar-refractivity contribution in [2.45, 2.75) is 31.3 Å². The molecule has 4 heteroatoms. The maximum atomic E-state index is 3.97. The van der Waals surface area contributed by atoms with Gasteiger partial charge < -0.3 is 4.90 Å². The van der Waals surface area contributed by atoms with Crippen molar-refractivity contribution in [3.8, 4) is 0 Å². The minimum atomic E-state index is 0.723. The van der Waals surface area contributed by atoms with Crippen LogP contribution in [0.25, 0.3) is 0 Å². The second-order valence-electron chi connectivity index (χ2n) is 4.89. The Labute approximate surface area is 96.3 Å². The lowest BCUT2D eigenvalue weighted by atomic mass is 10.1. The average molecular weight is 218 g/mol. The van der Waals surface area contributed by atoms with Crippen molar-refractivity contribution in [2.75, 3.05) is 25.0 Å². The number of anilines is 1. The highest BCUT2D eigenvalue weighted by Crippen LogP contribution is 2.30. The normalized spacial score (nSPS) is 30.4. The van der Waals surface area contributed by atoms with Crippen molar-refractivity contribution in [1.29, 1.82) is 0 Å². The Morgan fingerprint density at radius 2 is 2.06 bits per heavy atom. The molecule has 0 aliphatic carbocycles. The zero-order valence-electron chi connectivity index (χ0n) is 9.71. The third kappa shape index (κ3) is 1.67. The van der Waals surface area contributed by atoms with E-state index in [2.05, 4.69) is 33.1 Å². The first kappa shape index (κ1) is 10.0. The largest absolute Gasteiger partial charge is 0.369 e. The summed E-state index contributed by atoms with van der Waals surface area (Å²) in [5.74, 6) is 0. The van der Waals surface area contributed by atoms with Crippen molar-refractivity contribution in [1.82, 2.24) is 15.1 Å². The number of hydrogen-bond donors (Lipinski definition) is 0. The van der Waals surface area contributed by atoms with Crippen molar-refractivity contribution in [3.63, 3.8) is 0 Å². The summed E-state index contributed by atoms with van der Waals surface area (Å²) in [5, 5.41) is 7.81. The van der Waals surface area contributed by atoms with Gasteiger partial charge in [-0.05, 0) is 32.4 Å². The Morgan fingerprint density at radius 1 is 1.19 bits per heavy atom. The highest BCUT2D eigenvalue weighted by molar-refractivity contribution is 5.43. The Bertz CT molecular complexity index is 353. The molecule has 2 fully saturated rings. The molecule has 4 nitrogen and oxygen atoms in total. The lowest BCUT2D eigenvalue weighted by Gasteiger charge is -2.26. The summed E-state index contributed by atoms with van der Waals surface area (Å²) >= 11 is 0. The molecule has 3 rings (SSSR count). The number of rotatable bonds is 1. The van der Waals surface area contributed by atoms with Crippen molar-refractivity contribution >= 4 is 5.69 Å². The van der Waals surface area contributed by atoms with Gasteiger partial charge in [0.25, 0.3) is 0 Å². The van der Waals surface area contributed by atoms with Crippen molar-refractivity contribution in [2.24, 2.45) is 0 Å². The molecule has 3 heterocycles. The molecule has 0 N–H and O–H groups in total. The van der Waals surface area contributed by atoms with Gasteiger partial charge in [-0.3, -0.25) is 4.90 Å². The molecule has 86 valence electrons. The summed E-state index contributed by atoms with van der Waals surface area (Å²) in [4.78, 5) is 5.02. The van der Waals surface area contributed by atoms with Gasteiger partial charge in [0.05, 0.1) is 18.1 Å². The molecular formula is C12H18N4. The topological polar surface area (TPSA) is 32.3 Å². The van der Waals surface area contributed by atoms with Gasteiger partial charge in [-0.25, -0.2) is 0 Å². The summed E-state index contributed by atoms with van der Waals surface area (Å²) in [7, 11) is 2.27. The van der Waals surface area contributed by atoms with E-state index >= 15 is 0 Å². The van der Waals surface area contributed by atoms with E-state index in [4.69, 9.17) is 0 Å². The van der Waals surface area contributed by atoms with E-state index in [-0.39, 0.29) is 0 Å². The summed E-state index contributed by atoms with van der Waals surface area (Å²) in [5.41, 5.74) is 1.22. The molecule has 0 saturated carbocycles. The molecule has 2 atom stereocenters. The third-order valence-corrected chi connectivity index (χ3v) is 4.08. The van der Waals surface area contributed by atoms with Crippen LogP contribution in [-0.2, 0) is 0 Å². The maximum absolute atomic E-state index is 3.97. The fourth-order valence-corrected chi connectivity index (χ4v) is 3.01. The minimum Gasteiger partial charge on any atom is -0.369 e. The molecule has 0 spiro atoms. The summed E-state index contributed by atoms with van der Waals surface area (Å²) in [6, 6.07) is 3.58. The third-order valence-electron chi connectivity index (χ3n) is 4.08. The first-order valence-corrected chi connectivity index (χ1v) is 6.08. The van der Waals surface area contributed by atoms with Crippen LogP contribution in [0.2, 0.25) is 0 Å². The van der Waals surface area contributed by atoms with Crippen LogP contribution in [0.4, 0.5) is 5.69 Å². The van der Waals surface area contributed by atoms with Gasteiger partial charge in [0.15, 0.2) is 0 Å². The number of aromatic nitrogens is 2. The lowest BCUT2D eigenvalue weighted by Crippen LogP contribution is -2.36. The van der Waals surface area contributed by atoms with Gasteiger partial charge in [0.2, 0.25) is 0 Å². The van der Waals surface area contributed by atoms with Crippen LogP contribution < -0.4 is 4.90 Å². The molecule has 2 aliphatic rings. The molecule has 1 aromatic heterocycles. The van der Waals surface area contributed by atoms with E-state index < -0.39 is 0 Å². The van der Waals surface area contributed by atoms with E-state index in [1.807, 2.05) is 6.20 Å². The smallest absolute Gasteiger partial charge is 0.0729 e. The Balaban J connectivity index is 1.79. The van der Waals surface area contributed by atoms with E-state index in [9.17, 15) is 0 Å². The fourth-order valence-electron chi connectivity index (χ4n) is 3.01. The van der Waals surface area contributed by atoms with Gasteiger partial charge >= 0.3 is 0 Å². The van der Waals surface area contributed by atoms with Crippen molar-refractivity contribution in [3.05, 3.63) is 18.5 Å². The zero-order valence-corrected chi connectivity index (χ0v) is 9.71. The van der Waals surface area contributed by atoms with E-state index in [0.717, 1.165) is 25.2 Å². The summed E-state index contributed by atoms with van der Waals surface area (Å²) < 4.78 is 0. The Kier molecular flexibility index (Phi) is 2.52. The van der Waals surface area contributed by atoms with E-state index in [0.29, 0.717) is 0 Å². The maximum Gasteiger partial charge on any atom is 0.0729 e. The van der Waals surface area contributed by atoms with Crippen LogP contribution in [0.3, 0.4) is 0 Å². The zero-order chi connectivity index (χ0) is 11.0. The molecule has 16 heavy (non-hydrogen) atoms. The Hall–Kier alpha value is -1.16. The first-order chi connectivity index (χ1) is 7.84. The van der Waals surface area contributed by atoms with Crippen LogP contribution in [0.1, 0.15) is 19.3 Å². The molecule has 2 bridgehead atoms. The predicted octanol–water partition coefficient (Wildman–Crippen LogP) is 1.15. The SMILES string of the molecule is CN1C2CCC1CN(c1ccnnc1)CC2. The number of nitrogens with zero attached hydrogens (tertiary/aromatic N) is 4. The second kappa shape index (κ2) is 4.01. The molecule has 0 radical (unpaired) electrons. The van der Waals surface area contributed by atoms with Crippen LogP contribution >= 0.6 is 0 Å². The van der Waals surface area contributed by atoms with Crippen molar-refractivity contribution < 1.29 is 0 Å². The average Bonchev–Trinajstić information content (AvgIpc) is 2.54. The number of hydrogen-bond acceptors (Lipinski definition) is 4. The van der Waals surface area contributed by atoms with E-state index in [1.54, 1.807) is 6.20 Å².